The molecule has 9 rings (SSSR count). The summed E-state index contributed by atoms with van der Waals surface area (Å²) < 4.78 is 13.4. The van der Waals surface area contributed by atoms with Gasteiger partial charge >= 0.3 is 0 Å². The van der Waals surface area contributed by atoms with E-state index >= 15 is 0 Å². The third kappa shape index (κ3) is 3.45. The predicted octanol–water partition coefficient (Wildman–Crippen LogP) is 10.2. The van der Waals surface area contributed by atoms with Gasteiger partial charge in [0.25, 0.3) is 0 Å². The van der Waals surface area contributed by atoms with Crippen molar-refractivity contribution in [2.75, 3.05) is 0 Å². The molecular formula is C40H25NO2. The van der Waals surface area contributed by atoms with Crippen LogP contribution < -0.4 is 9.47 Å². The first-order valence-electron chi connectivity index (χ1n) is 14.5. The minimum Gasteiger partial charge on any atom is -0.449 e. The molecule has 0 N–H and O–H groups in total. The van der Waals surface area contributed by atoms with Gasteiger partial charge in [0.15, 0.2) is 23.0 Å². The summed E-state index contributed by atoms with van der Waals surface area (Å²) >= 11 is 0. The summed E-state index contributed by atoms with van der Waals surface area (Å²) in [6.45, 7) is 0. The number of ether oxygens (including phenoxy) is 2. The summed E-state index contributed by atoms with van der Waals surface area (Å²) in [4.78, 5) is 4.95. The molecule has 1 aliphatic carbocycles. The van der Waals surface area contributed by atoms with Gasteiger partial charge in [0.05, 0.1) is 16.6 Å². The molecule has 0 saturated heterocycles. The number of para-hydroxylation sites is 2. The predicted molar refractivity (Wildman–Crippen MR) is 171 cm³/mol. The van der Waals surface area contributed by atoms with Crippen LogP contribution in [-0.2, 0) is 5.41 Å². The summed E-state index contributed by atoms with van der Waals surface area (Å²) in [6.07, 6.45) is 0. The summed E-state index contributed by atoms with van der Waals surface area (Å²) in [7, 11) is 0. The van der Waals surface area contributed by atoms with E-state index in [2.05, 4.69) is 109 Å². The third-order valence-corrected chi connectivity index (χ3v) is 8.81. The Balaban J connectivity index is 1.25. The van der Waals surface area contributed by atoms with Crippen LogP contribution in [-0.4, -0.2) is 4.98 Å². The lowest BCUT2D eigenvalue weighted by Crippen LogP contribution is -2.28. The number of benzene rings is 6. The zero-order valence-electron chi connectivity index (χ0n) is 23.2. The number of nitrogens with zero attached hydrogens (tertiary/aromatic N) is 1. The fraction of sp³-hybridized carbons (Fsp3) is 0.0250. The molecule has 0 saturated carbocycles. The fourth-order valence-corrected chi connectivity index (χ4v) is 6.96. The Kier molecular flexibility index (Phi) is 5.11. The lowest BCUT2D eigenvalue weighted by Gasteiger charge is -2.34. The highest BCUT2D eigenvalue weighted by atomic mass is 16.6. The molecule has 0 unspecified atom stereocenters. The van der Waals surface area contributed by atoms with Crippen molar-refractivity contribution >= 4 is 10.9 Å². The van der Waals surface area contributed by atoms with E-state index in [9.17, 15) is 0 Å². The first-order chi connectivity index (χ1) is 21.3. The van der Waals surface area contributed by atoms with Crippen molar-refractivity contribution < 1.29 is 9.47 Å². The second-order valence-corrected chi connectivity index (χ2v) is 11.1. The average molecular weight is 552 g/mol. The molecule has 7 aromatic rings. The Hall–Kier alpha value is -5.67. The summed E-state index contributed by atoms with van der Waals surface area (Å²) in [5.74, 6) is 2.77. The van der Waals surface area contributed by atoms with Crippen molar-refractivity contribution in [2.24, 2.45) is 0 Å². The molecule has 202 valence electrons. The smallest absolute Gasteiger partial charge is 0.179 e. The van der Waals surface area contributed by atoms with Crippen LogP contribution in [0.5, 0.6) is 23.0 Å². The van der Waals surface area contributed by atoms with Crippen molar-refractivity contribution in [3.8, 4) is 45.4 Å². The van der Waals surface area contributed by atoms with Gasteiger partial charge in [-0.2, -0.15) is 0 Å². The van der Waals surface area contributed by atoms with Crippen molar-refractivity contribution in [3.63, 3.8) is 0 Å². The lowest BCUT2D eigenvalue weighted by molar-refractivity contribution is 0.360. The van der Waals surface area contributed by atoms with Crippen LogP contribution in [0.25, 0.3) is 33.3 Å². The molecule has 3 nitrogen and oxygen atoms in total. The Morgan fingerprint density at radius 2 is 1.12 bits per heavy atom. The van der Waals surface area contributed by atoms with Gasteiger partial charge in [-0.3, -0.25) is 0 Å². The van der Waals surface area contributed by atoms with Gasteiger partial charge in [-0.15, -0.1) is 0 Å². The molecule has 0 fully saturated rings. The van der Waals surface area contributed by atoms with E-state index in [1.165, 1.54) is 27.8 Å². The third-order valence-electron chi connectivity index (χ3n) is 8.81. The monoisotopic (exact) mass is 551 g/mol. The van der Waals surface area contributed by atoms with Crippen LogP contribution in [0, 0.1) is 0 Å². The molecule has 6 aromatic carbocycles. The zero-order chi connectivity index (χ0) is 28.4. The van der Waals surface area contributed by atoms with Crippen molar-refractivity contribution in [2.45, 2.75) is 5.41 Å². The Bertz CT molecular complexity index is 2150. The van der Waals surface area contributed by atoms with E-state index in [1.54, 1.807) is 0 Å². The topological polar surface area (TPSA) is 31.4 Å². The van der Waals surface area contributed by atoms with Crippen LogP contribution >= 0.6 is 0 Å². The van der Waals surface area contributed by atoms with Crippen LogP contribution in [0.1, 0.15) is 22.3 Å². The molecule has 0 spiro atoms. The normalized spacial score (nSPS) is 13.7. The lowest BCUT2D eigenvalue weighted by atomic mass is 9.67. The van der Waals surface area contributed by atoms with Crippen molar-refractivity contribution in [1.29, 1.82) is 0 Å². The first kappa shape index (κ1) is 24.0. The molecule has 0 amide bonds. The van der Waals surface area contributed by atoms with Crippen molar-refractivity contribution in [3.05, 3.63) is 174 Å². The van der Waals surface area contributed by atoms with Crippen LogP contribution in [0.4, 0.5) is 0 Å². The van der Waals surface area contributed by atoms with E-state index in [0.717, 1.165) is 27.7 Å². The maximum absolute atomic E-state index is 6.73. The van der Waals surface area contributed by atoms with Crippen LogP contribution in [0.15, 0.2) is 152 Å². The number of pyridine rings is 1. The van der Waals surface area contributed by atoms with E-state index in [0.29, 0.717) is 23.0 Å². The van der Waals surface area contributed by atoms with E-state index in [-0.39, 0.29) is 0 Å². The quantitative estimate of drug-likeness (QED) is 0.219. The number of fused-ring (bicyclic) bond motifs is 6. The van der Waals surface area contributed by atoms with Crippen LogP contribution in [0.2, 0.25) is 0 Å². The second-order valence-electron chi connectivity index (χ2n) is 11.1. The average Bonchev–Trinajstić information content (AvgIpc) is 3.36. The Morgan fingerprint density at radius 3 is 1.93 bits per heavy atom. The van der Waals surface area contributed by atoms with Gasteiger partial charge in [0, 0.05) is 10.9 Å². The standard InChI is InChI=1S/C40H25NO2/c1-3-13-27(14-4-1)40(28-15-5-2-6-16-28)32-19-9-8-17-29(32)31-24-37-38(25-33(31)40)42-36-21-11-18-30(39(36)43-37)35-23-22-26-12-7-10-20-34(26)41-35/h1-25H. The van der Waals surface area contributed by atoms with E-state index in [1.807, 2.05) is 42.5 Å². The fourth-order valence-electron chi connectivity index (χ4n) is 6.96. The minimum absolute atomic E-state index is 0.496. The van der Waals surface area contributed by atoms with Gasteiger partial charge in [0.2, 0.25) is 0 Å². The molecule has 1 aliphatic heterocycles. The molecule has 0 radical (unpaired) electrons. The number of aromatic nitrogens is 1. The zero-order valence-corrected chi connectivity index (χ0v) is 23.2. The Labute approximate surface area is 249 Å². The van der Waals surface area contributed by atoms with Gasteiger partial charge in [-0.05, 0) is 69.8 Å². The summed E-state index contributed by atoms with van der Waals surface area (Å²) in [5.41, 5.74) is 9.42. The van der Waals surface area contributed by atoms with E-state index < -0.39 is 5.41 Å². The maximum Gasteiger partial charge on any atom is 0.179 e. The highest BCUT2D eigenvalue weighted by Gasteiger charge is 2.47. The summed E-state index contributed by atoms with van der Waals surface area (Å²) in [5, 5.41) is 1.10. The minimum atomic E-state index is -0.496. The number of hydrogen-bond donors (Lipinski definition) is 0. The first-order valence-corrected chi connectivity index (χ1v) is 14.5. The SMILES string of the molecule is c1ccc(C2(c3ccccc3)c3ccccc3-c3cc4c(cc32)Oc2cccc(-c3ccc5ccccc5n3)c2O4)cc1. The molecule has 3 heteroatoms. The summed E-state index contributed by atoms with van der Waals surface area (Å²) in [6, 6.07) is 52.9. The molecule has 0 bridgehead atoms. The second kappa shape index (κ2) is 9.17. The highest BCUT2D eigenvalue weighted by Crippen LogP contribution is 2.60. The Morgan fingerprint density at radius 1 is 0.442 bits per heavy atom. The molecule has 2 heterocycles. The van der Waals surface area contributed by atoms with Crippen molar-refractivity contribution in [1.82, 2.24) is 4.98 Å². The van der Waals surface area contributed by atoms with E-state index in [4.69, 9.17) is 14.5 Å². The van der Waals surface area contributed by atoms with Gasteiger partial charge < -0.3 is 9.47 Å². The molecule has 43 heavy (non-hydrogen) atoms. The largest absolute Gasteiger partial charge is 0.449 e. The maximum atomic E-state index is 6.73. The number of hydrogen-bond acceptors (Lipinski definition) is 3. The molecule has 0 atom stereocenters. The van der Waals surface area contributed by atoms with Gasteiger partial charge in [-0.25, -0.2) is 4.98 Å². The molecular weight excluding hydrogens is 526 g/mol. The van der Waals surface area contributed by atoms with Crippen LogP contribution in [0.3, 0.4) is 0 Å². The van der Waals surface area contributed by atoms with Gasteiger partial charge in [0.1, 0.15) is 0 Å². The van der Waals surface area contributed by atoms with Gasteiger partial charge in [-0.1, -0.05) is 115 Å². The molecule has 2 aliphatic rings. The highest BCUT2D eigenvalue weighted by molar-refractivity contribution is 5.89. The number of rotatable bonds is 3. The molecule has 1 aromatic heterocycles.